The Balaban J connectivity index is 3.12. The van der Waals surface area contributed by atoms with Gasteiger partial charge in [0.15, 0.2) is 0 Å². The van der Waals surface area contributed by atoms with E-state index in [2.05, 4.69) is 17.1 Å². The Hall–Kier alpha value is -0.120. The lowest BCUT2D eigenvalue weighted by molar-refractivity contribution is 0.142. The molecular formula is C10H24N2O. The van der Waals surface area contributed by atoms with Gasteiger partial charge >= 0.3 is 0 Å². The van der Waals surface area contributed by atoms with Crippen LogP contribution in [0.25, 0.3) is 0 Å². The van der Waals surface area contributed by atoms with Gasteiger partial charge in [0.25, 0.3) is 0 Å². The molecule has 0 aromatic heterocycles. The van der Waals surface area contributed by atoms with Crippen molar-refractivity contribution in [1.82, 2.24) is 10.2 Å². The number of hydrogen-bond donors (Lipinski definition) is 2. The molecule has 0 bridgehead atoms. The molecule has 0 saturated carbocycles. The van der Waals surface area contributed by atoms with Crippen LogP contribution in [0.15, 0.2) is 0 Å². The largest absolute Gasteiger partial charge is 0.392 e. The first-order chi connectivity index (χ1) is 6.16. The first kappa shape index (κ1) is 12.9. The van der Waals surface area contributed by atoms with E-state index in [0.717, 1.165) is 26.2 Å². The monoisotopic (exact) mass is 188 g/mol. The molecule has 0 aliphatic carbocycles. The van der Waals surface area contributed by atoms with Gasteiger partial charge in [0, 0.05) is 19.6 Å². The first-order valence-corrected chi connectivity index (χ1v) is 5.24. The molecule has 3 heteroatoms. The Kier molecular flexibility index (Phi) is 8.40. The second kappa shape index (κ2) is 8.48. The molecule has 0 heterocycles. The summed E-state index contributed by atoms with van der Waals surface area (Å²) in [5.74, 6) is 0. The Morgan fingerprint density at radius 2 is 2.08 bits per heavy atom. The summed E-state index contributed by atoms with van der Waals surface area (Å²) >= 11 is 0. The van der Waals surface area contributed by atoms with Crippen LogP contribution in [-0.2, 0) is 0 Å². The number of aliphatic hydroxyl groups excluding tert-OH is 1. The molecule has 0 rings (SSSR count). The summed E-state index contributed by atoms with van der Waals surface area (Å²) in [5.41, 5.74) is 0. The molecule has 0 aromatic carbocycles. The standard InChI is InChI=1S/C10H24N2O/c1-4-5-6-11-7-8-12(3)9-10(2)13/h10-11,13H,4-9H2,1-3H3/t10-/m0/s1. The lowest BCUT2D eigenvalue weighted by Gasteiger charge is -2.18. The van der Waals surface area contributed by atoms with Crippen LogP contribution < -0.4 is 5.32 Å². The predicted molar refractivity (Wildman–Crippen MR) is 57.0 cm³/mol. The van der Waals surface area contributed by atoms with E-state index in [-0.39, 0.29) is 6.10 Å². The van der Waals surface area contributed by atoms with Crippen molar-refractivity contribution in [2.45, 2.75) is 32.8 Å². The lowest BCUT2D eigenvalue weighted by Crippen LogP contribution is -2.33. The molecular weight excluding hydrogens is 164 g/mol. The van der Waals surface area contributed by atoms with E-state index in [1.807, 2.05) is 14.0 Å². The smallest absolute Gasteiger partial charge is 0.0638 e. The topological polar surface area (TPSA) is 35.5 Å². The van der Waals surface area contributed by atoms with E-state index in [1.54, 1.807) is 0 Å². The maximum Gasteiger partial charge on any atom is 0.0638 e. The fraction of sp³-hybridized carbons (Fsp3) is 1.00. The summed E-state index contributed by atoms with van der Waals surface area (Å²) in [6.45, 7) is 7.91. The molecule has 80 valence electrons. The van der Waals surface area contributed by atoms with Gasteiger partial charge < -0.3 is 15.3 Å². The number of likely N-dealkylation sites (N-methyl/N-ethyl adjacent to an activating group) is 1. The quantitative estimate of drug-likeness (QED) is 0.550. The van der Waals surface area contributed by atoms with Crippen LogP contribution >= 0.6 is 0 Å². The molecule has 3 nitrogen and oxygen atoms in total. The first-order valence-electron chi connectivity index (χ1n) is 5.24. The molecule has 0 radical (unpaired) electrons. The lowest BCUT2D eigenvalue weighted by atomic mass is 10.3. The molecule has 0 fully saturated rings. The van der Waals surface area contributed by atoms with Crippen molar-refractivity contribution >= 4 is 0 Å². The highest BCUT2D eigenvalue weighted by Crippen LogP contribution is 1.87. The Labute approximate surface area is 82.1 Å². The van der Waals surface area contributed by atoms with Crippen molar-refractivity contribution in [2.75, 3.05) is 33.2 Å². The van der Waals surface area contributed by atoms with Gasteiger partial charge in [-0.05, 0) is 26.9 Å². The zero-order chi connectivity index (χ0) is 10.1. The summed E-state index contributed by atoms with van der Waals surface area (Å²) in [5, 5.41) is 12.5. The van der Waals surface area contributed by atoms with Gasteiger partial charge in [0.05, 0.1) is 6.10 Å². The number of aliphatic hydroxyl groups is 1. The van der Waals surface area contributed by atoms with Crippen LogP contribution in [0.4, 0.5) is 0 Å². The fourth-order valence-corrected chi connectivity index (χ4v) is 1.24. The average Bonchev–Trinajstić information content (AvgIpc) is 2.02. The number of nitrogens with zero attached hydrogens (tertiary/aromatic N) is 1. The zero-order valence-corrected chi connectivity index (χ0v) is 9.21. The molecule has 1 atom stereocenters. The van der Waals surface area contributed by atoms with Crippen LogP contribution in [0.1, 0.15) is 26.7 Å². The zero-order valence-electron chi connectivity index (χ0n) is 9.21. The highest BCUT2D eigenvalue weighted by Gasteiger charge is 2.01. The van der Waals surface area contributed by atoms with Crippen LogP contribution in [-0.4, -0.2) is 49.3 Å². The summed E-state index contributed by atoms with van der Waals surface area (Å²) < 4.78 is 0. The van der Waals surface area contributed by atoms with Gasteiger partial charge in [-0.15, -0.1) is 0 Å². The Bertz CT molecular complexity index is 107. The van der Waals surface area contributed by atoms with Crippen molar-refractivity contribution in [1.29, 1.82) is 0 Å². The highest BCUT2D eigenvalue weighted by molar-refractivity contribution is 4.58. The van der Waals surface area contributed by atoms with E-state index in [1.165, 1.54) is 12.8 Å². The molecule has 13 heavy (non-hydrogen) atoms. The number of hydrogen-bond acceptors (Lipinski definition) is 3. The van der Waals surface area contributed by atoms with Gasteiger partial charge in [0.2, 0.25) is 0 Å². The summed E-state index contributed by atoms with van der Waals surface area (Å²) in [6, 6.07) is 0. The third-order valence-corrected chi connectivity index (χ3v) is 1.95. The number of nitrogens with one attached hydrogen (secondary N) is 1. The third-order valence-electron chi connectivity index (χ3n) is 1.95. The summed E-state index contributed by atoms with van der Waals surface area (Å²) in [4.78, 5) is 2.14. The molecule has 0 unspecified atom stereocenters. The molecule has 0 spiro atoms. The van der Waals surface area contributed by atoms with Crippen molar-refractivity contribution in [2.24, 2.45) is 0 Å². The Morgan fingerprint density at radius 1 is 1.38 bits per heavy atom. The van der Waals surface area contributed by atoms with E-state index >= 15 is 0 Å². The van der Waals surface area contributed by atoms with E-state index < -0.39 is 0 Å². The molecule has 0 aromatic rings. The predicted octanol–water partition coefficient (Wildman–Crippen LogP) is 0.689. The third kappa shape index (κ3) is 9.80. The van der Waals surface area contributed by atoms with Gasteiger partial charge in [-0.1, -0.05) is 13.3 Å². The normalized spacial score (nSPS) is 13.6. The van der Waals surface area contributed by atoms with Crippen LogP contribution in [0.5, 0.6) is 0 Å². The van der Waals surface area contributed by atoms with Gasteiger partial charge in [-0.3, -0.25) is 0 Å². The minimum atomic E-state index is -0.222. The molecule has 0 amide bonds. The second-order valence-electron chi connectivity index (χ2n) is 3.71. The maximum absolute atomic E-state index is 9.10. The van der Waals surface area contributed by atoms with Crippen LogP contribution in [0.3, 0.4) is 0 Å². The van der Waals surface area contributed by atoms with E-state index in [9.17, 15) is 0 Å². The van der Waals surface area contributed by atoms with E-state index in [0.29, 0.717) is 0 Å². The minimum absolute atomic E-state index is 0.222. The number of rotatable bonds is 8. The van der Waals surface area contributed by atoms with Crippen molar-refractivity contribution in [3.63, 3.8) is 0 Å². The van der Waals surface area contributed by atoms with Crippen LogP contribution in [0, 0.1) is 0 Å². The molecule has 0 saturated heterocycles. The maximum atomic E-state index is 9.10. The van der Waals surface area contributed by atoms with Gasteiger partial charge in [-0.25, -0.2) is 0 Å². The summed E-state index contributed by atoms with van der Waals surface area (Å²) in [7, 11) is 2.04. The highest BCUT2D eigenvalue weighted by atomic mass is 16.3. The summed E-state index contributed by atoms with van der Waals surface area (Å²) in [6.07, 6.45) is 2.28. The van der Waals surface area contributed by atoms with Crippen molar-refractivity contribution in [3.8, 4) is 0 Å². The fourth-order valence-electron chi connectivity index (χ4n) is 1.24. The van der Waals surface area contributed by atoms with Crippen molar-refractivity contribution < 1.29 is 5.11 Å². The average molecular weight is 188 g/mol. The SMILES string of the molecule is CCCCNCCN(C)C[C@H](C)O. The molecule has 0 aliphatic rings. The van der Waals surface area contributed by atoms with Gasteiger partial charge in [0.1, 0.15) is 0 Å². The van der Waals surface area contributed by atoms with E-state index in [4.69, 9.17) is 5.11 Å². The Morgan fingerprint density at radius 3 is 2.62 bits per heavy atom. The molecule has 2 N–H and O–H groups in total. The molecule has 0 aliphatic heterocycles. The number of unbranched alkanes of at least 4 members (excludes halogenated alkanes) is 1. The van der Waals surface area contributed by atoms with Crippen molar-refractivity contribution in [3.05, 3.63) is 0 Å². The second-order valence-corrected chi connectivity index (χ2v) is 3.71. The van der Waals surface area contributed by atoms with Gasteiger partial charge in [-0.2, -0.15) is 0 Å². The van der Waals surface area contributed by atoms with Crippen LogP contribution in [0.2, 0.25) is 0 Å². The minimum Gasteiger partial charge on any atom is -0.392 e.